The summed E-state index contributed by atoms with van der Waals surface area (Å²) < 4.78 is 4.65. The number of allylic oxidation sites excluding steroid dienone is 2. The smallest absolute Gasteiger partial charge is 0.374 e. The van der Waals surface area contributed by atoms with Crippen LogP contribution in [0, 0.1) is 0 Å². The standard InChI is InChI=1S/C19H18O4S/c1-3-23-19(22)16(20)10-11-17(24-2)18(21)15-9-8-13-6-4-5-7-14(13)12-15/h4-9,11-12H,3,10H2,1-2H3. The Morgan fingerprint density at radius 1 is 1.08 bits per heavy atom. The molecule has 5 heteroatoms. The predicted molar refractivity (Wildman–Crippen MR) is 96.1 cm³/mol. The monoisotopic (exact) mass is 342 g/mol. The molecule has 0 unspecified atom stereocenters. The van der Waals surface area contributed by atoms with Crippen molar-refractivity contribution in [2.45, 2.75) is 13.3 Å². The lowest BCUT2D eigenvalue weighted by molar-refractivity contribution is -0.153. The van der Waals surface area contributed by atoms with E-state index in [4.69, 9.17) is 0 Å². The SMILES string of the molecule is CCOC(=O)C(=O)CC=C(SC)C(=O)c1ccc2ccccc2c1. The fourth-order valence-electron chi connectivity index (χ4n) is 2.22. The molecule has 0 aliphatic carbocycles. The van der Waals surface area contributed by atoms with Crippen LogP contribution in [0.2, 0.25) is 0 Å². The summed E-state index contributed by atoms with van der Waals surface area (Å²) in [5.41, 5.74) is 0.554. The number of fused-ring (bicyclic) bond motifs is 1. The second kappa shape index (κ2) is 8.45. The number of rotatable bonds is 7. The molecule has 0 radical (unpaired) electrons. The minimum atomic E-state index is -0.868. The van der Waals surface area contributed by atoms with E-state index < -0.39 is 11.8 Å². The van der Waals surface area contributed by atoms with Gasteiger partial charge in [0.05, 0.1) is 11.5 Å². The first-order valence-corrected chi connectivity index (χ1v) is 8.77. The molecule has 0 amide bonds. The van der Waals surface area contributed by atoms with Crippen LogP contribution in [-0.2, 0) is 14.3 Å². The average molecular weight is 342 g/mol. The number of Topliss-reactive ketones (excluding diaryl/α,β-unsaturated/α-hetero) is 2. The number of esters is 1. The zero-order valence-corrected chi connectivity index (χ0v) is 14.4. The first-order chi connectivity index (χ1) is 11.6. The molecule has 0 aliphatic heterocycles. The van der Waals surface area contributed by atoms with E-state index in [1.54, 1.807) is 19.2 Å². The third-order valence-electron chi connectivity index (χ3n) is 3.43. The van der Waals surface area contributed by atoms with Gasteiger partial charge >= 0.3 is 5.97 Å². The molecule has 0 heterocycles. The number of hydrogen-bond acceptors (Lipinski definition) is 5. The van der Waals surface area contributed by atoms with Crippen LogP contribution < -0.4 is 0 Å². The molecule has 0 aromatic heterocycles. The van der Waals surface area contributed by atoms with Crippen molar-refractivity contribution in [2.75, 3.05) is 12.9 Å². The van der Waals surface area contributed by atoms with Gasteiger partial charge in [0.15, 0.2) is 5.78 Å². The Bertz CT molecular complexity index is 808. The Kier molecular flexibility index (Phi) is 6.32. The number of carbonyl (C=O) groups is 3. The van der Waals surface area contributed by atoms with Crippen molar-refractivity contribution in [1.82, 2.24) is 0 Å². The highest BCUT2D eigenvalue weighted by Gasteiger charge is 2.16. The van der Waals surface area contributed by atoms with Gasteiger partial charge in [0.1, 0.15) is 0 Å². The third kappa shape index (κ3) is 4.32. The maximum atomic E-state index is 12.6. The summed E-state index contributed by atoms with van der Waals surface area (Å²) in [4.78, 5) is 36.0. The summed E-state index contributed by atoms with van der Waals surface area (Å²) in [6.07, 6.45) is 3.11. The van der Waals surface area contributed by atoms with Crippen molar-refractivity contribution in [3.8, 4) is 0 Å². The minimum absolute atomic E-state index is 0.145. The summed E-state index contributed by atoms with van der Waals surface area (Å²) in [7, 11) is 0. The van der Waals surface area contributed by atoms with E-state index in [-0.39, 0.29) is 18.8 Å². The van der Waals surface area contributed by atoms with Crippen LogP contribution in [0.1, 0.15) is 23.7 Å². The number of ether oxygens (including phenoxy) is 1. The largest absolute Gasteiger partial charge is 0.460 e. The number of benzene rings is 2. The zero-order chi connectivity index (χ0) is 17.5. The van der Waals surface area contributed by atoms with Crippen LogP contribution in [0.15, 0.2) is 53.4 Å². The molecule has 2 rings (SSSR count). The van der Waals surface area contributed by atoms with E-state index in [0.29, 0.717) is 10.5 Å². The molecule has 4 nitrogen and oxygen atoms in total. The molecule has 24 heavy (non-hydrogen) atoms. The third-order valence-corrected chi connectivity index (χ3v) is 4.22. The highest BCUT2D eigenvalue weighted by atomic mass is 32.2. The maximum absolute atomic E-state index is 12.6. The zero-order valence-electron chi connectivity index (χ0n) is 13.6. The highest BCUT2D eigenvalue weighted by Crippen LogP contribution is 2.22. The van der Waals surface area contributed by atoms with Gasteiger partial charge in [-0.25, -0.2) is 4.79 Å². The first-order valence-electron chi connectivity index (χ1n) is 7.54. The summed E-state index contributed by atoms with van der Waals surface area (Å²) in [6.45, 7) is 1.79. The topological polar surface area (TPSA) is 60.4 Å². The Morgan fingerprint density at radius 3 is 2.46 bits per heavy atom. The molecule has 2 aromatic rings. The summed E-state index contributed by atoms with van der Waals surface area (Å²) in [6, 6.07) is 13.3. The van der Waals surface area contributed by atoms with Crippen molar-refractivity contribution in [3.05, 3.63) is 59.0 Å². The van der Waals surface area contributed by atoms with E-state index in [1.165, 1.54) is 17.8 Å². The molecule has 0 N–H and O–H groups in total. The lowest BCUT2D eigenvalue weighted by Crippen LogP contribution is -2.16. The maximum Gasteiger partial charge on any atom is 0.374 e. The average Bonchev–Trinajstić information content (AvgIpc) is 2.61. The van der Waals surface area contributed by atoms with Gasteiger partial charge in [0.25, 0.3) is 0 Å². The van der Waals surface area contributed by atoms with Gasteiger partial charge in [0, 0.05) is 12.0 Å². The Hall–Kier alpha value is -2.40. The molecule has 0 spiro atoms. The lowest BCUT2D eigenvalue weighted by Gasteiger charge is -2.06. The van der Waals surface area contributed by atoms with Gasteiger partial charge in [-0.15, -0.1) is 11.8 Å². The minimum Gasteiger partial charge on any atom is -0.460 e. The van der Waals surface area contributed by atoms with Gasteiger partial charge in [-0.05, 0) is 30.0 Å². The molecule has 0 aliphatic rings. The van der Waals surface area contributed by atoms with E-state index in [9.17, 15) is 14.4 Å². The molecule has 0 saturated carbocycles. The van der Waals surface area contributed by atoms with Gasteiger partial charge in [-0.3, -0.25) is 9.59 Å². The highest BCUT2D eigenvalue weighted by molar-refractivity contribution is 8.03. The van der Waals surface area contributed by atoms with E-state index in [1.807, 2.05) is 36.4 Å². The normalized spacial score (nSPS) is 11.3. The van der Waals surface area contributed by atoms with E-state index in [2.05, 4.69) is 4.74 Å². The van der Waals surface area contributed by atoms with Crippen LogP contribution >= 0.6 is 11.8 Å². The number of ketones is 2. The van der Waals surface area contributed by atoms with E-state index >= 15 is 0 Å². The fraction of sp³-hybridized carbons (Fsp3) is 0.211. The van der Waals surface area contributed by atoms with E-state index in [0.717, 1.165) is 10.8 Å². The number of carbonyl (C=O) groups excluding carboxylic acids is 3. The second-order valence-corrected chi connectivity index (χ2v) is 5.86. The molecule has 2 aromatic carbocycles. The summed E-state index contributed by atoms with van der Waals surface area (Å²) in [5, 5.41) is 2.03. The first kappa shape index (κ1) is 17.9. The molecular weight excluding hydrogens is 324 g/mol. The Balaban J connectivity index is 2.19. The van der Waals surface area contributed by atoms with Crippen molar-refractivity contribution < 1.29 is 19.1 Å². The van der Waals surface area contributed by atoms with Crippen LogP contribution in [0.5, 0.6) is 0 Å². The number of thioether (sulfide) groups is 1. The van der Waals surface area contributed by atoms with Crippen LogP contribution in [0.25, 0.3) is 10.8 Å². The number of hydrogen-bond donors (Lipinski definition) is 0. The summed E-state index contributed by atoms with van der Waals surface area (Å²) in [5.74, 6) is -1.69. The molecule has 0 atom stereocenters. The van der Waals surface area contributed by atoms with Gasteiger partial charge in [-0.2, -0.15) is 0 Å². The predicted octanol–water partition coefficient (Wildman–Crippen LogP) is 3.79. The van der Waals surface area contributed by atoms with Crippen LogP contribution in [0.4, 0.5) is 0 Å². The van der Waals surface area contributed by atoms with Gasteiger partial charge < -0.3 is 4.74 Å². The van der Waals surface area contributed by atoms with Crippen LogP contribution in [0.3, 0.4) is 0 Å². The van der Waals surface area contributed by atoms with Gasteiger partial charge in [-0.1, -0.05) is 42.5 Å². The molecular formula is C19H18O4S. The lowest BCUT2D eigenvalue weighted by atomic mass is 10.0. The summed E-state index contributed by atoms with van der Waals surface area (Å²) >= 11 is 1.25. The Labute approximate surface area is 144 Å². The van der Waals surface area contributed by atoms with Crippen molar-refractivity contribution in [1.29, 1.82) is 0 Å². The van der Waals surface area contributed by atoms with Crippen LogP contribution in [-0.4, -0.2) is 30.4 Å². The molecule has 124 valence electrons. The van der Waals surface area contributed by atoms with Crippen molar-refractivity contribution in [3.63, 3.8) is 0 Å². The quantitative estimate of drug-likeness (QED) is 0.331. The molecule has 0 bridgehead atoms. The fourth-order valence-corrected chi connectivity index (χ4v) is 2.78. The van der Waals surface area contributed by atoms with Crippen molar-refractivity contribution >= 4 is 40.1 Å². The second-order valence-electron chi connectivity index (χ2n) is 5.01. The van der Waals surface area contributed by atoms with Crippen molar-refractivity contribution in [2.24, 2.45) is 0 Å². The molecule has 0 saturated heterocycles. The Morgan fingerprint density at radius 2 is 1.79 bits per heavy atom. The molecule has 0 fully saturated rings. The van der Waals surface area contributed by atoms with Gasteiger partial charge in [0.2, 0.25) is 5.78 Å².